The van der Waals surface area contributed by atoms with Crippen LogP contribution >= 0.6 is 11.6 Å². The molecule has 0 spiro atoms. The van der Waals surface area contributed by atoms with Crippen LogP contribution in [0.4, 0.5) is 0 Å². The first-order valence-electron chi connectivity index (χ1n) is 8.91. The number of rotatable bonds is 4. The average molecular weight is 410 g/mol. The Morgan fingerprint density at radius 1 is 1.10 bits per heavy atom. The number of esters is 1. The molecule has 4 rings (SSSR count). The summed E-state index contributed by atoms with van der Waals surface area (Å²) in [4.78, 5) is 40.8. The van der Waals surface area contributed by atoms with Crippen LogP contribution < -0.4 is 5.43 Å². The molecule has 2 aromatic heterocycles. The van der Waals surface area contributed by atoms with Crippen LogP contribution in [0.15, 0.2) is 57.7 Å². The van der Waals surface area contributed by atoms with Gasteiger partial charge >= 0.3 is 5.97 Å². The lowest BCUT2D eigenvalue weighted by Crippen LogP contribution is -2.25. The quantitative estimate of drug-likeness (QED) is 0.391. The van der Waals surface area contributed by atoms with Gasteiger partial charge in [-0.15, -0.1) is 0 Å². The first-order chi connectivity index (χ1) is 13.8. The fraction of sp³-hybridized carbons (Fsp3) is 0.136. The topological polar surface area (TPSA) is 89.4 Å². The van der Waals surface area contributed by atoms with Crippen molar-refractivity contribution in [2.45, 2.75) is 20.0 Å². The van der Waals surface area contributed by atoms with E-state index < -0.39 is 17.5 Å². The molecular formula is C22H16ClNO5. The number of hydrogen-bond acceptors (Lipinski definition) is 5. The van der Waals surface area contributed by atoms with E-state index in [4.69, 9.17) is 20.8 Å². The van der Waals surface area contributed by atoms with Gasteiger partial charge in [-0.2, -0.15) is 0 Å². The molecule has 0 aliphatic rings. The van der Waals surface area contributed by atoms with Gasteiger partial charge in [0, 0.05) is 33.2 Å². The zero-order chi connectivity index (χ0) is 20.7. The van der Waals surface area contributed by atoms with Gasteiger partial charge in [0.2, 0.25) is 11.5 Å². The zero-order valence-corrected chi connectivity index (χ0v) is 16.4. The minimum atomic E-state index is -1.06. The minimum Gasteiger partial charge on any atom is -0.449 e. The number of aromatic amines is 1. The number of H-pyrrole nitrogens is 1. The van der Waals surface area contributed by atoms with Gasteiger partial charge in [-0.05, 0) is 38.1 Å². The van der Waals surface area contributed by atoms with Gasteiger partial charge < -0.3 is 14.1 Å². The van der Waals surface area contributed by atoms with Crippen molar-refractivity contribution in [3.63, 3.8) is 0 Å². The molecule has 1 atom stereocenters. The van der Waals surface area contributed by atoms with Gasteiger partial charge in [0.1, 0.15) is 5.58 Å². The second kappa shape index (κ2) is 7.22. The molecule has 0 fully saturated rings. The van der Waals surface area contributed by atoms with E-state index >= 15 is 0 Å². The van der Waals surface area contributed by atoms with E-state index in [1.807, 2.05) is 24.3 Å². The molecule has 0 aliphatic heterocycles. The smallest absolute Gasteiger partial charge is 0.375 e. The average Bonchev–Trinajstić information content (AvgIpc) is 3.03. The summed E-state index contributed by atoms with van der Waals surface area (Å²) in [6, 6.07) is 12.9. The Bertz CT molecular complexity index is 1330. The predicted molar refractivity (Wildman–Crippen MR) is 110 cm³/mol. The molecule has 29 heavy (non-hydrogen) atoms. The third-order valence-electron chi connectivity index (χ3n) is 4.68. The minimum absolute atomic E-state index is 0.209. The Labute approximate surface area is 170 Å². The fourth-order valence-electron chi connectivity index (χ4n) is 3.30. The summed E-state index contributed by atoms with van der Waals surface area (Å²) in [5.41, 5.74) is 1.77. The van der Waals surface area contributed by atoms with E-state index in [9.17, 15) is 14.4 Å². The van der Waals surface area contributed by atoms with Crippen LogP contribution in [0.5, 0.6) is 0 Å². The highest BCUT2D eigenvalue weighted by molar-refractivity contribution is 6.31. The van der Waals surface area contributed by atoms with Crippen molar-refractivity contribution < 1.29 is 18.7 Å². The summed E-state index contributed by atoms with van der Waals surface area (Å²) in [5.74, 6) is -1.51. The van der Waals surface area contributed by atoms with Crippen molar-refractivity contribution in [2.75, 3.05) is 0 Å². The van der Waals surface area contributed by atoms with E-state index in [-0.39, 0.29) is 22.5 Å². The second-order valence-electron chi connectivity index (χ2n) is 6.70. The highest BCUT2D eigenvalue weighted by atomic mass is 35.5. The van der Waals surface area contributed by atoms with Crippen molar-refractivity contribution in [1.29, 1.82) is 0 Å². The number of benzene rings is 2. The summed E-state index contributed by atoms with van der Waals surface area (Å²) in [6.45, 7) is 3.27. The number of aromatic nitrogens is 1. The molecule has 7 heteroatoms. The standard InChI is InChI=1S/C22H16ClNO5/c1-11-20(14-5-3-4-6-16(14)24-11)21(26)12(2)28-22(27)19-10-17(25)15-9-13(23)7-8-18(15)29-19/h3-10,12,24H,1-2H3/t12-/m1/s1. The molecule has 0 aliphatic carbocycles. The van der Waals surface area contributed by atoms with E-state index in [0.717, 1.165) is 17.0 Å². The van der Waals surface area contributed by atoms with Crippen molar-refractivity contribution in [2.24, 2.45) is 0 Å². The molecule has 4 aromatic rings. The van der Waals surface area contributed by atoms with Gasteiger partial charge in [0.05, 0.1) is 5.39 Å². The summed E-state index contributed by atoms with van der Waals surface area (Å²) in [6.07, 6.45) is -1.06. The molecule has 0 unspecified atom stereocenters. The first-order valence-corrected chi connectivity index (χ1v) is 9.29. The van der Waals surface area contributed by atoms with Crippen LogP contribution in [0.3, 0.4) is 0 Å². The van der Waals surface area contributed by atoms with Crippen molar-refractivity contribution in [3.05, 3.63) is 80.8 Å². The Morgan fingerprint density at radius 3 is 2.66 bits per heavy atom. The lowest BCUT2D eigenvalue weighted by molar-refractivity contribution is 0.0290. The maximum Gasteiger partial charge on any atom is 0.375 e. The molecule has 146 valence electrons. The number of ether oxygens (including phenoxy) is 1. The van der Waals surface area contributed by atoms with Gasteiger partial charge in [0.25, 0.3) is 0 Å². The zero-order valence-electron chi connectivity index (χ0n) is 15.6. The van der Waals surface area contributed by atoms with E-state index in [1.165, 1.54) is 19.1 Å². The third-order valence-corrected chi connectivity index (χ3v) is 4.92. The van der Waals surface area contributed by atoms with Crippen LogP contribution in [0, 0.1) is 6.92 Å². The molecule has 0 saturated heterocycles. The van der Waals surface area contributed by atoms with E-state index in [1.54, 1.807) is 13.0 Å². The van der Waals surface area contributed by atoms with Gasteiger partial charge in [-0.25, -0.2) is 4.79 Å². The molecular weight excluding hydrogens is 394 g/mol. The normalized spacial score (nSPS) is 12.2. The molecule has 0 amide bonds. The number of nitrogens with one attached hydrogen (secondary N) is 1. The third kappa shape index (κ3) is 3.43. The predicted octanol–water partition coefficient (Wildman–Crippen LogP) is 4.66. The largest absolute Gasteiger partial charge is 0.449 e. The first kappa shape index (κ1) is 19.0. The Hall–Kier alpha value is -3.38. The lowest BCUT2D eigenvalue weighted by Gasteiger charge is -2.12. The Kier molecular flexibility index (Phi) is 4.72. The summed E-state index contributed by atoms with van der Waals surface area (Å²) in [5, 5.41) is 1.40. The lowest BCUT2D eigenvalue weighted by atomic mass is 10.0. The van der Waals surface area contributed by atoms with Crippen LogP contribution in [0.2, 0.25) is 5.02 Å². The summed E-state index contributed by atoms with van der Waals surface area (Å²) in [7, 11) is 0. The highest BCUT2D eigenvalue weighted by Gasteiger charge is 2.26. The maximum atomic E-state index is 12.9. The molecule has 6 nitrogen and oxygen atoms in total. The molecule has 0 bridgehead atoms. The number of halogens is 1. The highest BCUT2D eigenvalue weighted by Crippen LogP contribution is 2.24. The summed E-state index contributed by atoms with van der Waals surface area (Å²) >= 11 is 5.89. The molecule has 0 saturated carbocycles. The van der Waals surface area contributed by atoms with Gasteiger partial charge in [0.15, 0.2) is 11.5 Å². The van der Waals surface area contributed by atoms with Crippen molar-refractivity contribution in [1.82, 2.24) is 4.98 Å². The molecule has 2 aromatic carbocycles. The van der Waals surface area contributed by atoms with Crippen LogP contribution in [-0.4, -0.2) is 22.8 Å². The van der Waals surface area contributed by atoms with Gasteiger partial charge in [-0.1, -0.05) is 29.8 Å². The van der Waals surface area contributed by atoms with Crippen molar-refractivity contribution in [3.8, 4) is 0 Å². The van der Waals surface area contributed by atoms with Crippen LogP contribution in [0.25, 0.3) is 21.9 Å². The van der Waals surface area contributed by atoms with Crippen molar-refractivity contribution >= 4 is 45.2 Å². The SMILES string of the molecule is Cc1[nH]c2ccccc2c1C(=O)[C@@H](C)OC(=O)c1cc(=O)c2cc(Cl)ccc2o1. The number of Topliss-reactive ketones (excluding diaryl/α,β-unsaturated/α-hetero) is 1. The number of para-hydroxylation sites is 1. The maximum absolute atomic E-state index is 12.9. The second-order valence-corrected chi connectivity index (χ2v) is 7.13. The number of carbonyl (C=O) groups excluding carboxylic acids is 2. The molecule has 2 heterocycles. The number of ketones is 1. The summed E-state index contributed by atoms with van der Waals surface area (Å²) < 4.78 is 10.8. The van der Waals surface area contributed by atoms with Crippen LogP contribution in [-0.2, 0) is 4.74 Å². The Morgan fingerprint density at radius 2 is 1.86 bits per heavy atom. The number of aryl methyl sites for hydroxylation is 1. The van der Waals surface area contributed by atoms with Gasteiger partial charge in [-0.3, -0.25) is 9.59 Å². The molecule has 1 N–H and O–H groups in total. The Balaban J connectivity index is 1.62. The number of hydrogen-bond donors (Lipinski definition) is 1. The number of carbonyl (C=O) groups is 2. The fourth-order valence-corrected chi connectivity index (χ4v) is 3.47. The molecule has 0 radical (unpaired) electrons. The number of fused-ring (bicyclic) bond motifs is 2. The van der Waals surface area contributed by atoms with E-state index in [0.29, 0.717) is 16.3 Å². The monoisotopic (exact) mass is 409 g/mol. The van der Waals surface area contributed by atoms with E-state index in [2.05, 4.69) is 4.98 Å². The van der Waals surface area contributed by atoms with Crippen LogP contribution in [0.1, 0.15) is 33.5 Å².